The lowest BCUT2D eigenvalue weighted by atomic mass is 10.2. The molecular weight excluding hydrogens is 336 g/mol. The number of alkyl halides is 1. The lowest BCUT2D eigenvalue weighted by Gasteiger charge is -2.08. The molecule has 0 spiro atoms. The Morgan fingerprint density at radius 2 is 2.12 bits per heavy atom. The number of ether oxygens (including phenoxy) is 1. The zero-order valence-corrected chi connectivity index (χ0v) is 13.8. The van der Waals surface area contributed by atoms with Crippen LogP contribution in [0.3, 0.4) is 0 Å². The molecule has 3 aromatic heterocycles. The fourth-order valence-electron chi connectivity index (χ4n) is 2.75. The van der Waals surface area contributed by atoms with E-state index in [4.69, 9.17) is 14.9 Å². The second-order valence-corrected chi connectivity index (χ2v) is 5.63. The zero-order valence-electron chi connectivity index (χ0n) is 13.8. The summed E-state index contributed by atoms with van der Waals surface area (Å²) in [5.74, 6) is 1.36. The molecule has 0 unspecified atom stereocenters. The molecule has 0 bridgehead atoms. The van der Waals surface area contributed by atoms with E-state index < -0.39 is 6.67 Å². The predicted molar refractivity (Wildman–Crippen MR) is 94.5 cm³/mol. The summed E-state index contributed by atoms with van der Waals surface area (Å²) in [5, 5.41) is 5.16. The molecule has 1 aromatic carbocycles. The molecule has 8 heteroatoms. The largest absolute Gasteiger partial charge is 0.491 e. The molecule has 0 fully saturated rings. The smallest absolute Gasteiger partial charge is 0.222 e. The van der Waals surface area contributed by atoms with E-state index in [1.165, 1.54) is 0 Å². The van der Waals surface area contributed by atoms with Gasteiger partial charge in [-0.15, -0.1) is 0 Å². The third-order valence-electron chi connectivity index (χ3n) is 3.84. The fraction of sp³-hybridized carbons (Fsp3) is 0.167. The highest BCUT2D eigenvalue weighted by molar-refractivity contribution is 5.89. The maximum absolute atomic E-state index is 12.3. The standard InChI is InChI=1S/C18H16FN5O2/c19-6-8-25-13-4-1-3-12(9-13)11-24-17-14(10-21-24)16(22-18(20)23-17)15-5-2-7-26-15/h1-5,7,9-10H,6,8,11H2,(H2,20,22,23)/i19-1. The molecule has 132 valence electrons. The first-order valence-electron chi connectivity index (χ1n) is 8.05. The number of hydrogen-bond donors (Lipinski definition) is 1. The highest BCUT2D eigenvalue weighted by Crippen LogP contribution is 2.27. The van der Waals surface area contributed by atoms with Crippen LogP contribution in [0.2, 0.25) is 0 Å². The first kappa shape index (κ1) is 16.1. The van der Waals surface area contributed by atoms with Crippen molar-refractivity contribution in [3.05, 3.63) is 54.4 Å². The van der Waals surface area contributed by atoms with Crippen molar-refractivity contribution >= 4 is 17.0 Å². The average molecular weight is 352 g/mol. The number of furan rings is 1. The Morgan fingerprint density at radius 3 is 2.92 bits per heavy atom. The van der Waals surface area contributed by atoms with Crippen molar-refractivity contribution in [3.8, 4) is 17.2 Å². The Morgan fingerprint density at radius 1 is 1.19 bits per heavy atom. The van der Waals surface area contributed by atoms with E-state index in [-0.39, 0.29) is 12.6 Å². The van der Waals surface area contributed by atoms with Crippen LogP contribution in [0.4, 0.5) is 10.3 Å². The third kappa shape index (κ3) is 3.08. The molecule has 4 rings (SSSR count). The molecule has 0 aliphatic rings. The van der Waals surface area contributed by atoms with Crippen LogP contribution in [0.25, 0.3) is 22.5 Å². The molecule has 4 aromatic rings. The van der Waals surface area contributed by atoms with E-state index in [9.17, 15) is 4.39 Å². The molecule has 0 saturated carbocycles. The van der Waals surface area contributed by atoms with E-state index in [0.29, 0.717) is 29.4 Å². The molecule has 3 heterocycles. The molecule has 0 amide bonds. The number of aromatic nitrogens is 4. The first-order chi connectivity index (χ1) is 12.7. The summed E-state index contributed by atoms with van der Waals surface area (Å²) in [6.45, 7) is -0.0332. The molecule has 7 nitrogen and oxygen atoms in total. The van der Waals surface area contributed by atoms with Crippen LogP contribution in [-0.2, 0) is 6.54 Å². The molecule has 2 N–H and O–H groups in total. The Labute approximate surface area is 148 Å². The Bertz CT molecular complexity index is 1030. The second-order valence-electron chi connectivity index (χ2n) is 5.63. The molecule has 26 heavy (non-hydrogen) atoms. The summed E-state index contributed by atoms with van der Waals surface area (Å²) in [6.07, 6.45) is 3.27. The molecule has 0 saturated heterocycles. The van der Waals surface area contributed by atoms with Gasteiger partial charge in [-0.1, -0.05) is 12.1 Å². The summed E-state index contributed by atoms with van der Waals surface area (Å²) in [5.41, 5.74) is 8.03. The van der Waals surface area contributed by atoms with Crippen molar-refractivity contribution in [2.75, 3.05) is 19.0 Å². The van der Waals surface area contributed by atoms with Crippen LogP contribution in [0, 0.1) is 0 Å². The van der Waals surface area contributed by atoms with Gasteiger partial charge in [0.25, 0.3) is 0 Å². The van der Waals surface area contributed by atoms with Crippen LogP contribution in [-0.4, -0.2) is 33.0 Å². The summed E-state index contributed by atoms with van der Waals surface area (Å²) in [7, 11) is 0. The van der Waals surface area contributed by atoms with Gasteiger partial charge >= 0.3 is 0 Å². The van der Waals surface area contributed by atoms with Gasteiger partial charge in [-0.05, 0) is 29.8 Å². The van der Waals surface area contributed by atoms with Crippen LogP contribution >= 0.6 is 0 Å². The number of nitrogens with two attached hydrogens (primary N) is 1. The van der Waals surface area contributed by atoms with Gasteiger partial charge in [-0.2, -0.15) is 10.1 Å². The number of rotatable bonds is 6. The highest BCUT2D eigenvalue weighted by atomic mass is 18.2. The third-order valence-corrected chi connectivity index (χ3v) is 3.84. The van der Waals surface area contributed by atoms with Gasteiger partial charge in [0.2, 0.25) is 5.95 Å². The Kier molecular flexibility index (Phi) is 4.22. The number of benzene rings is 1. The van der Waals surface area contributed by atoms with Crippen LogP contribution in [0.1, 0.15) is 5.56 Å². The molecule has 0 atom stereocenters. The molecule has 0 aliphatic carbocycles. The second kappa shape index (κ2) is 6.83. The number of fused-ring (bicyclic) bond motifs is 1. The van der Waals surface area contributed by atoms with Crippen molar-refractivity contribution in [1.29, 1.82) is 0 Å². The topological polar surface area (TPSA) is 92.0 Å². The summed E-state index contributed by atoms with van der Waals surface area (Å²) in [4.78, 5) is 8.60. The molecular formula is C18H16FN5O2. The molecule has 0 radical (unpaired) electrons. The SMILES string of the molecule is Nc1nc(-c2ccco2)c2cnn(Cc3cccc(OCC[18F])c3)c2n1. The van der Waals surface area contributed by atoms with Gasteiger partial charge in [0.1, 0.15) is 24.7 Å². The number of anilines is 1. The van der Waals surface area contributed by atoms with E-state index in [1.807, 2.05) is 24.3 Å². The van der Waals surface area contributed by atoms with Gasteiger partial charge in [0.15, 0.2) is 11.4 Å². The van der Waals surface area contributed by atoms with Crippen LogP contribution in [0.15, 0.2) is 53.3 Å². The Hall–Kier alpha value is -3.42. The van der Waals surface area contributed by atoms with E-state index in [1.54, 1.807) is 29.3 Å². The van der Waals surface area contributed by atoms with Gasteiger partial charge in [-0.3, -0.25) is 0 Å². The monoisotopic (exact) mass is 352 g/mol. The summed E-state index contributed by atoms with van der Waals surface area (Å²) < 4.78 is 24.8. The van der Waals surface area contributed by atoms with Crippen molar-refractivity contribution in [3.63, 3.8) is 0 Å². The van der Waals surface area contributed by atoms with Gasteiger partial charge < -0.3 is 14.9 Å². The average Bonchev–Trinajstić information content (AvgIpc) is 3.30. The van der Waals surface area contributed by atoms with E-state index >= 15 is 0 Å². The minimum atomic E-state index is -0.528. The highest BCUT2D eigenvalue weighted by Gasteiger charge is 2.15. The van der Waals surface area contributed by atoms with Crippen molar-refractivity contribution < 1.29 is 13.5 Å². The zero-order chi connectivity index (χ0) is 17.9. The number of halogens is 1. The van der Waals surface area contributed by atoms with Crippen molar-refractivity contribution in [2.24, 2.45) is 0 Å². The molecule has 0 aliphatic heterocycles. The minimum Gasteiger partial charge on any atom is -0.491 e. The normalized spacial score (nSPS) is 11.1. The minimum absolute atomic E-state index is 0.0322. The number of nitrogens with zero attached hydrogens (tertiary/aromatic N) is 4. The predicted octanol–water partition coefficient (Wildman–Crippen LogP) is 3.07. The van der Waals surface area contributed by atoms with Crippen LogP contribution in [0.5, 0.6) is 5.75 Å². The van der Waals surface area contributed by atoms with Crippen molar-refractivity contribution in [2.45, 2.75) is 6.54 Å². The maximum atomic E-state index is 12.3. The lowest BCUT2D eigenvalue weighted by Crippen LogP contribution is -2.05. The Balaban J connectivity index is 1.70. The van der Waals surface area contributed by atoms with E-state index in [0.717, 1.165) is 10.9 Å². The number of nitrogen functional groups attached to an aromatic ring is 1. The van der Waals surface area contributed by atoms with E-state index in [2.05, 4.69) is 15.1 Å². The van der Waals surface area contributed by atoms with Crippen molar-refractivity contribution in [1.82, 2.24) is 19.7 Å². The first-order valence-corrected chi connectivity index (χ1v) is 8.05. The lowest BCUT2D eigenvalue weighted by molar-refractivity contribution is 0.273. The summed E-state index contributed by atoms with van der Waals surface area (Å²) >= 11 is 0. The van der Waals surface area contributed by atoms with Gasteiger partial charge in [0, 0.05) is 0 Å². The number of hydrogen-bond acceptors (Lipinski definition) is 6. The van der Waals surface area contributed by atoms with Gasteiger partial charge in [0.05, 0.1) is 24.4 Å². The fourth-order valence-corrected chi connectivity index (χ4v) is 2.75. The quantitative estimate of drug-likeness (QED) is 0.573. The maximum Gasteiger partial charge on any atom is 0.222 e. The summed E-state index contributed by atoms with van der Waals surface area (Å²) in [6, 6.07) is 11.0. The van der Waals surface area contributed by atoms with Crippen LogP contribution < -0.4 is 10.5 Å². The van der Waals surface area contributed by atoms with Gasteiger partial charge in [-0.25, -0.2) is 14.1 Å².